The normalized spacial score (nSPS) is 16.6. The quantitative estimate of drug-likeness (QED) is 0.152. The number of nitrogens with one attached hydrogen (secondary N) is 2. The van der Waals surface area contributed by atoms with Gasteiger partial charge in [0.15, 0.2) is 0 Å². The SMILES string of the molecule is CC[NH+](CC)CC.Cc1ccc[c]([Sb-]2([O]NC(=O)c3ccccc3)([c]3cccc(C)c3)([c]3cccc(C)c3)[O]N=C(c3ccccc3)[O]2)c1. The van der Waals surface area contributed by atoms with Crippen molar-refractivity contribution >= 4 is 39.6 Å². The average Bonchev–Trinajstić information content (AvgIpc) is 3.53. The van der Waals surface area contributed by atoms with Crippen molar-refractivity contribution in [1.82, 2.24) is 5.48 Å². The van der Waals surface area contributed by atoms with Crippen molar-refractivity contribution in [3.63, 3.8) is 0 Å². The average molecular weight is 769 g/mol. The third kappa shape index (κ3) is 6.39. The second-order valence-corrected chi connectivity index (χ2v) is 26.3. The number of hydrogen-bond donors (Lipinski definition) is 2. The van der Waals surface area contributed by atoms with Gasteiger partial charge in [-0.05, 0) is 20.8 Å². The minimum absolute atomic E-state index is 0.267. The number of amides is 1. The Morgan fingerprint density at radius 1 is 0.653 bits per heavy atom. The maximum absolute atomic E-state index is 13.7. The Morgan fingerprint density at radius 3 is 1.51 bits per heavy atom. The first-order chi connectivity index (χ1) is 23.7. The number of hydroxylamine groups is 1. The molecule has 0 aliphatic carbocycles. The molecule has 1 aliphatic heterocycles. The second-order valence-electron chi connectivity index (χ2n) is 12.5. The topological polar surface area (TPSA) is 73.6 Å². The molecule has 0 bridgehead atoms. The number of aryl methyl sites for hydroxylation is 3. The molecule has 5 aromatic rings. The van der Waals surface area contributed by atoms with E-state index in [2.05, 4.69) is 31.4 Å². The predicted molar refractivity (Wildman–Crippen MR) is 201 cm³/mol. The molecule has 1 aliphatic rings. The second kappa shape index (κ2) is 14.6. The van der Waals surface area contributed by atoms with Crippen LogP contribution in [-0.4, -0.2) is 48.7 Å². The molecule has 6 rings (SSSR count). The molecular formula is C41H48N3O4Sb. The molecule has 2 N–H and O–H groups in total. The van der Waals surface area contributed by atoms with Crippen LogP contribution in [0.1, 0.15) is 53.4 Å². The van der Waals surface area contributed by atoms with Gasteiger partial charge in [-0.2, -0.15) is 0 Å². The van der Waals surface area contributed by atoms with E-state index in [0.717, 1.165) is 22.3 Å². The van der Waals surface area contributed by atoms with Crippen molar-refractivity contribution in [2.45, 2.75) is 41.5 Å². The van der Waals surface area contributed by atoms with Crippen LogP contribution in [0.15, 0.2) is 139 Å². The summed E-state index contributed by atoms with van der Waals surface area (Å²) in [6, 6.07) is 42.2. The van der Waals surface area contributed by atoms with Crippen LogP contribution in [0.5, 0.6) is 0 Å². The Kier molecular flexibility index (Phi) is 10.7. The zero-order chi connectivity index (χ0) is 35.0. The molecule has 7 nitrogen and oxygen atoms in total. The first-order valence-electron chi connectivity index (χ1n) is 17.0. The summed E-state index contributed by atoms with van der Waals surface area (Å²) in [6.07, 6.45) is 0. The van der Waals surface area contributed by atoms with E-state index < -0.39 is 23.2 Å². The molecule has 5 aromatic carbocycles. The van der Waals surface area contributed by atoms with Gasteiger partial charge in [-0.15, -0.1) is 0 Å². The van der Waals surface area contributed by atoms with Crippen LogP contribution in [0.2, 0.25) is 0 Å². The van der Waals surface area contributed by atoms with E-state index in [1.807, 2.05) is 130 Å². The van der Waals surface area contributed by atoms with Gasteiger partial charge >= 0.3 is 246 Å². The van der Waals surface area contributed by atoms with E-state index in [-0.39, 0.29) is 5.90 Å². The first kappa shape index (κ1) is 35.9. The zero-order valence-electron chi connectivity index (χ0n) is 29.4. The molecular weight excluding hydrogens is 720 g/mol. The van der Waals surface area contributed by atoms with Crippen LogP contribution in [0, 0.1) is 20.8 Å². The predicted octanol–water partition coefficient (Wildman–Crippen LogP) is 5.18. The van der Waals surface area contributed by atoms with Crippen molar-refractivity contribution in [1.29, 1.82) is 0 Å². The monoisotopic (exact) mass is 767 g/mol. The Labute approximate surface area is 290 Å². The summed E-state index contributed by atoms with van der Waals surface area (Å²) in [5, 5.41) is 4.68. The minimum atomic E-state index is -6.89. The summed E-state index contributed by atoms with van der Waals surface area (Å²) >= 11 is -6.89. The number of carbonyl (C=O) groups excluding carboxylic acids is 1. The molecule has 0 radical (unpaired) electrons. The summed E-state index contributed by atoms with van der Waals surface area (Å²) in [4.78, 5) is 15.4. The van der Waals surface area contributed by atoms with Crippen LogP contribution in [-0.2, 0) is 9.25 Å². The fourth-order valence-corrected chi connectivity index (χ4v) is 22.7. The molecule has 0 saturated carbocycles. The van der Waals surface area contributed by atoms with Gasteiger partial charge in [0.1, 0.15) is 0 Å². The van der Waals surface area contributed by atoms with E-state index >= 15 is 0 Å². The van der Waals surface area contributed by atoms with Gasteiger partial charge < -0.3 is 4.90 Å². The van der Waals surface area contributed by atoms with Gasteiger partial charge in [0.2, 0.25) is 0 Å². The molecule has 1 heterocycles. The third-order valence-corrected chi connectivity index (χ3v) is 25.9. The zero-order valence-corrected chi connectivity index (χ0v) is 31.9. The van der Waals surface area contributed by atoms with Gasteiger partial charge in [0.25, 0.3) is 0 Å². The maximum atomic E-state index is 13.7. The van der Waals surface area contributed by atoms with E-state index in [1.54, 1.807) is 29.2 Å². The summed E-state index contributed by atoms with van der Waals surface area (Å²) in [7, 11) is 0. The van der Waals surface area contributed by atoms with Crippen LogP contribution >= 0.6 is 0 Å². The Morgan fingerprint density at radius 2 is 1.10 bits per heavy atom. The fraction of sp³-hybridized carbons (Fsp3) is 0.220. The van der Waals surface area contributed by atoms with Gasteiger partial charge in [0.05, 0.1) is 19.6 Å². The summed E-state index contributed by atoms with van der Waals surface area (Å²) in [5.41, 5.74) is 6.87. The molecule has 0 atom stereocenters. The fourth-order valence-electron chi connectivity index (χ4n) is 6.35. The summed E-state index contributed by atoms with van der Waals surface area (Å²) < 4.78 is 23.5. The number of benzene rings is 5. The summed E-state index contributed by atoms with van der Waals surface area (Å²) in [6.45, 7) is 16.5. The molecule has 0 saturated heterocycles. The molecule has 0 unspecified atom stereocenters. The van der Waals surface area contributed by atoms with Gasteiger partial charge in [-0.1, -0.05) is 0 Å². The number of oxime groups is 1. The van der Waals surface area contributed by atoms with Gasteiger partial charge in [-0.3, -0.25) is 0 Å². The Balaban J connectivity index is 0.000000606. The first-order valence-corrected chi connectivity index (χ1v) is 23.9. The number of quaternary nitrogens is 1. The molecule has 49 heavy (non-hydrogen) atoms. The number of hydrogen-bond acceptors (Lipinski definition) is 5. The molecule has 1 amide bonds. The number of nitrogens with zero attached hydrogens (tertiary/aromatic N) is 1. The Hall–Kier alpha value is -4.42. The van der Waals surface area contributed by atoms with Crippen LogP contribution < -0.4 is 20.9 Å². The van der Waals surface area contributed by atoms with Gasteiger partial charge in [0, 0.05) is 0 Å². The number of carbonyl (C=O) groups is 1. The molecule has 0 aromatic heterocycles. The Bertz CT molecular complexity index is 1820. The van der Waals surface area contributed by atoms with Crippen molar-refractivity contribution in [2.24, 2.45) is 5.16 Å². The third-order valence-electron chi connectivity index (χ3n) is 9.25. The summed E-state index contributed by atoms with van der Waals surface area (Å²) in [5.74, 6) is -0.169. The van der Waals surface area contributed by atoms with Crippen LogP contribution in [0.25, 0.3) is 0 Å². The van der Waals surface area contributed by atoms with Gasteiger partial charge in [-0.25, -0.2) is 0 Å². The number of rotatable bonds is 10. The van der Waals surface area contributed by atoms with E-state index in [0.29, 0.717) is 16.1 Å². The molecule has 8 heteroatoms. The molecule has 0 spiro atoms. The van der Waals surface area contributed by atoms with Crippen molar-refractivity contribution in [2.75, 3.05) is 19.6 Å². The van der Waals surface area contributed by atoms with Crippen molar-refractivity contribution < 1.29 is 18.9 Å². The van der Waals surface area contributed by atoms with E-state index in [1.165, 1.54) is 19.6 Å². The molecule has 0 fully saturated rings. The van der Waals surface area contributed by atoms with E-state index in [9.17, 15) is 4.79 Å². The van der Waals surface area contributed by atoms with Crippen LogP contribution in [0.3, 0.4) is 0 Å². The van der Waals surface area contributed by atoms with Crippen molar-refractivity contribution in [3.8, 4) is 0 Å². The molecule has 256 valence electrons. The standard InChI is InChI=1S/C7H7NO2.C7H6NO2.3C7H7.C6H15N.Sb/c2*9-7(8-10)6-4-2-1-3-5-6;3*1-7-5-3-2-4-6-7;1-4-7(5-2)6-3;/h1-5,10H,(H,8,9);1-5H,(H-,8,9,10);3*2-3,5-6H,1H3;4-6H2,1-3H3;/q;-1;;;;;+2/p-1. The van der Waals surface area contributed by atoms with E-state index in [4.69, 9.17) is 9.25 Å². The van der Waals surface area contributed by atoms with Crippen LogP contribution in [0.4, 0.5) is 0 Å². The van der Waals surface area contributed by atoms with Crippen molar-refractivity contribution in [3.05, 3.63) is 161 Å².